The van der Waals surface area contributed by atoms with Crippen molar-refractivity contribution < 1.29 is 17.9 Å². The zero-order valence-electron chi connectivity index (χ0n) is 18.5. The maximum absolute atomic E-state index is 13.7. The van der Waals surface area contributed by atoms with Crippen molar-refractivity contribution in [3.8, 4) is 0 Å². The molecule has 1 unspecified atom stereocenters. The molecule has 3 aromatic rings. The van der Waals surface area contributed by atoms with E-state index in [9.17, 15) is 13.2 Å². The number of carbonyl (C=O) groups is 1. The number of amides is 1. The molecule has 1 aromatic carbocycles. The third-order valence-electron chi connectivity index (χ3n) is 6.33. The van der Waals surface area contributed by atoms with E-state index in [0.717, 1.165) is 35.2 Å². The number of aromatic nitrogens is 1. The second kappa shape index (κ2) is 9.42. The lowest BCUT2D eigenvalue weighted by molar-refractivity contribution is -0.123. The Labute approximate surface area is 202 Å². The van der Waals surface area contributed by atoms with E-state index in [2.05, 4.69) is 6.07 Å². The van der Waals surface area contributed by atoms with Gasteiger partial charge in [0.2, 0.25) is 5.91 Å². The third kappa shape index (κ3) is 4.72. The van der Waals surface area contributed by atoms with Gasteiger partial charge in [-0.1, -0.05) is 23.5 Å². The summed E-state index contributed by atoms with van der Waals surface area (Å²) in [7, 11) is -3.48. The van der Waals surface area contributed by atoms with Crippen molar-refractivity contribution in [1.29, 1.82) is 0 Å². The van der Waals surface area contributed by atoms with E-state index in [4.69, 9.17) is 9.72 Å². The van der Waals surface area contributed by atoms with E-state index < -0.39 is 10.0 Å². The second-order valence-corrected chi connectivity index (χ2v) is 12.8. The van der Waals surface area contributed by atoms with E-state index in [0.29, 0.717) is 41.8 Å². The van der Waals surface area contributed by atoms with Crippen molar-refractivity contribution >= 4 is 54.0 Å². The minimum absolute atomic E-state index is 0.0157. The molecule has 7 nitrogen and oxygen atoms in total. The zero-order valence-corrected chi connectivity index (χ0v) is 20.9. The number of rotatable bonds is 6. The molecule has 2 fully saturated rings. The van der Waals surface area contributed by atoms with Crippen LogP contribution in [0.25, 0.3) is 10.2 Å². The number of thiazole rings is 1. The minimum Gasteiger partial charge on any atom is -0.376 e. The molecule has 0 radical (unpaired) electrons. The number of anilines is 1. The van der Waals surface area contributed by atoms with Crippen molar-refractivity contribution in [3.05, 3.63) is 41.3 Å². The molecule has 33 heavy (non-hydrogen) atoms. The van der Waals surface area contributed by atoms with Crippen molar-refractivity contribution in [1.82, 2.24) is 9.29 Å². The van der Waals surface area contributed by atoms with Crippen LogP contribution in [-0.4, -0.2) is 56.0 Å². The fourth-order valence-electron chi connectivity index (χ4n) is 4.49. The van der Waals surface area contributed by atoms with E-state index >= 15 is 0 Å². The summed E-state index contributed by atoms with van der Waals surface area (Å²) in [6.07, 6.45) is 2.97. The van der Waals surface area contributed by atoms with Gasteiger partial charge in [0.15, 0.2) is 5.13 Å². The van der Waals surface area contributed by atoms with Crippen LogP contribution in [0.1, 0.15) is 31.2 Å². The lowest BCUT2D eigenvalue weighted by Gasteiger charge is -2.33. The molecule has 2 aromatic heterocycles. The second-order valence-electron chi connectivity index (χ2n) is 8.66. The van der Waals surface area contributed by atoms with E-state index in [1.807, 2.05) is 19.1 Å². The van der Waals surface area contributed by atoms with Gasteiger partial charge >= 0.3 is 0 Å². The topological polar surface area (TPSA) is 79.8 Å². The molecule has 2 aliphatic heterocycles. The molecule has 2 saturated heterocycles. The highest BCUT2D eigenvalue weighted by molar-refractivity contribution is 7.91. The molecular formula is C23H27N3O4S3. The molecule has 176 valence electrons. The first-order chi connectivity index (χ1) is 15.9. The maximum Gasteiger partial charge on any atom is 0.252 e. The predicted octanol–water partition coefficient (Wildman–Crippen LogP) is 4.28. The van der Waals surface area contributed by atoms with Gasteiger partial charge in [-0.15, -0.1) is 11.3 Å². The Morgan fingerprint density at radius 3 is 2.76 bits per heavy atom. The highest BCUT2D eigenvalue weighted by Gasteiger charge is 2.36. The van der Waals surface area contributed by atoms with Crippen LogP contribution in [0.2, 0.25) is 0 Å². The highest BCUT2D eigenvalue weighted by Crippen LogP contribution is 2.33. The Bertz CT molecular complexity index is 1230. The average molecular weight is 506 g/mol. The van der Waals surface area contributed by atoms with Crippen molar-refractivity contribution in [2.75, 3.05) is 31.1 Å². The SMILES string of the molecule is Cc1ccc2nc(N(CC3CCCO3)C(=O)C3CCN(S(=O)(=O)c4cccs4)CC3)sc2c1. The molecule has 1 atom stereocenters. The first kappa shape index (κ1) is 22.9. The van der Waals surface area contributed by atoms with Crippen LogP contribution in [0.3, 0.4) is 0 Å². The Balaban J connectivity index is 1.35. The Morgan fingerprint density at radius 1 is 1.24 bits per heavy atom. The molecule has 5 rings (SSSR count). The van der Waals surface area contributed by atoms with Gasteiger partial charge in [0.25, 0.3) is 10.0 Å². The summed E-state index contributed by atoms with van der Waals surface area (Å²) in [6, 6.07) is 9.50. The van der Waals surface area contributed by atoms with Crippen LogP contribution in [0.4, 0.5) is 5.13 Å². The first-order valence-electron chi connectivity index (χ1n) is 11.3. The van der Waals surface area contributed by atoms with E-state index in [1.165, 1.54) is 27.0 Å². The van der Waals surface area contributed by atoms with E-state index in [-0.39, 0.29) is 17.9 Å². The molecule has 2 aliphatic rings. The lowest BCUT2D eigenvalue weighted by Crippen LogP contribution is -2.46. The number of hydrogen-bond acceptors (Lipinski definition) is 7. The fourth-order valence-corrected chi connectivity index (χ4v) is 8.18. The lowest BCUT2D eigenvalue weighted by atomic mass is 9.96. The first-order valence-corrected chi connectivity index (χ1v) is 14.4. The van der Waals surface area contributed by atoms with Gasteiger partial charge in [-0.25, -0.2) is 13.4 Å². The Hall–Kier alpha value is -1.85. The largest absolute Gasteiger partial charge is 0.376 e. The Morgan fingerprint density at radius 2 is 2.06 bits per heavy atom. The third-order valence-corrected chi connectivity index (χ3v) is 10.6. The van der Waals surface area contributed by atoms with Gasteiger partial charge in [0, 0.05) is 25.6 Å². The predicted molar refractivity (Wildman–Crippen MR) is 131 cm³/mol. The summed E-state index contributed by atoms with van der Waals surface area (Å²) >= 11 is 2.76. The number of carbonyl (C=O) groups excluding carboxylic acids is 1. The number of nitrogens with zero attached hydrogens (tertiary/aromatic N) is 3. The van der Waals surface area contributed by atoms with Crippen LogP contribution in [0.15, 0.2) is 39.9 Å². The summed E-state index contributed by atoms with van der Waals surface area (Å²) in [5, 5.41) is 2.47. The van der Waals surface area contributed by atoms with Crippen molar-refractivity contribution in [2.24, 2.45) is 5.92 Å². The van der Waals surface area contributed by atoms with Gasteiger partial charge in [-0.05, 0) is 61.7 Å². The molecular weight excluding hydrogens is 478 g/mol. The van der Waals surface area contributed by atoms with Gasteiger partial charge in [0.05, 0.1) is 22.9 Å². The quantitative estimate of drug-likeness (QED) is 0.500. The van der Waals surface area contributed by atoms with Gasteiger partial charge < -0.3 is 4.74 Å². The Kier molecular flexibility index (Phi) is 6.54. The smallest absolute Gasteiger partial charge is 0.252 e. The number of benzene rings is 1. The van der Waals surface area contributed by atoms with Crippen LogP contribution in [0.5, 0.6) is 0 Å². The summed E-state index contributed by atoms with van der Waals surface area (Å²) in [4.78, 5) is 20.2. The zero-order chi connectivity index (χ0) is 23.0. The molecule has 0 spiro atoms. The minimum atomic E-state index is -3.48. The fraction of sp³-hybridized carbons (Fsp3) is 0.478. The van der Waals surface area contributed by atoms with Crippen molar-refractivity contribution in [3.63, 3.8) is 0 Å². The van der Waals surface area contributed by atoms with Crippen LogP contribution in [-0.2, 0) is 19.6 Å². The molecule has 4 heterocycles. The van der Waals surface area contributed by atoms with Gasteiger partial charge in [-0.2, -0.15) is 4.31 Å². The monoisotopic (exact) mass is 505 g/mol. The number of aryl methyl sites for hydroxylation is 1. The summed E-state index contributed by atoms with van der Waals surface area (Å²) in [5.74, 6) is -0.204. The number of ether oxygens (including phenoxy) is 1. The molecule has 0 aliphatic carbocycles. The van der Waals surface area contributed by atoms with Gasteiger partial charge in [0.1, 0.15) is 4.21 Å². The average Bonchev–Trinajstić information content (AvgIpc) is 3.58. The maximum atomic E-state index is 13.7. The normalized spacial score (nSPS) is 20.5. The van der Waals surface area contributed by atoms with Crippen LogP contribution in [0, 0.1) is 12.8 Å². The summed E-state index contributed by atoms with van der Waals surface area (Å²) in [6.45, 7) is 3.97. The highest BCUT2D eigenvalue weighted by atomic mass is 32.2. The molecule has 0 N–H and O–H groups in total. The molecule has 0 saturated carbocycles. The summed E-state index contributed by atoms with van der Waals surface area (Å²) in [5.41, 5.74) is 2.05. The number of hydrogen-bond donors (Lipinski definition) is 0. The van der Waals surface area contributed by atoms with Crippen LogP contribution < -0.4 is 4.90 Å². The molecule has 1 amide bonds. The summed E-state index contributed by atoms with van der Waals surface area (Å²) < 4.78 is 34.5. The number of thiophene rings is 1. The number of sulfonamides is 1. The van der Waals surface area contributed by atoms with Crippen LogP contribution >= 0.6 is 22.7 Å². The van der Waals surface area contributed by atoms with Gasteiger partial charge in [-0.3, -0.25) is 9.69 Å². The number of piperidine rings is 1. The molecule has 10 heteroatoms. The van der Waals surface area contributed by atoms with E-state index in [1.54, 1.807) is 22.4 Å². The number of fused-ring (bicyclic) bond motifs is 1. The van der Waals surface area contributed by atoms with Crippen molar-refractivity contribution in [2.45, 2.75) is 42.9 Å². The standard InChI is InChI=1S/C23H27N3O4S3/c1-16-6-7-19-20(14-16)32-23(24-19)26(15-18-4-2-12-30-18)22(27)17-8-10-25(11-9-17)33(28,29)21-5-3-13-31-21/h3,5-7,13-14,17-18H,2,4,8-12,15H2,1H3. The molecule has 0 bridgehead atoms.